The highest BCUT2D eigenvalue weighted by Gasteiger charge is 2.14. The number of para-hydroxylation sites is 3. The molecule has 0 aliphatic rings. The van der Waals surface area contributed by atoms with Crippen molar-refractivity contribution in [2.75, 3.05) is 9.80 Å². The van der Waals surface area contributed by atoms with Crippen LogP contribution in [0.2, 0.25) is 0 Å². The lowest BCUT2D eigenvalue weighted by molar-refractivity contribution is 1.27. The van der Waals surface area contributed by atoms with Crippen molar-refractivity contribution in [1.82, 2.24) is 0 Å². The summed E-state index contributed by atoms with van der Waals surface area (Å²) in [5, 5.41) is 0. The van der Waals surface area contributed by atoms with Gasteiger partial charge in [0.1, 0.15) is 0 Å². The molecule has 0 atom stereocenters. The Kier molecular flexibility index (Phi) is 6.92. The molecule has 6 rings (SSSR count). The van der Waals surface area contributed by atoms with E-state index in [4.69, 9.17) is 0 Å². The monoisotopic (exact) mass is 502 g/mol. The van der Waals surface area contributed by atoms with Gasteiger partial charge in [-0.25, -0.2) is 0 Å². The molecule has 0 aliphatic carbocycles. The fraction of sp³-hybridized carbons (Fsp3) is 0.0270. The van der Waals surface area contributed by atoms with Crippen molar-refractivity contribution < 1.29 is 0 Å². The Morgan fingerprint density at radius 3 is 0.846 bits per heavy atom. The maximum atomic E-state index is 2.30. The van der Waals surface area contributed by atoms with Gasteiger partial charge in [-0.2, -0.15) is 0 Å². The summed E-state index contributed by atoms with van der Waals surface area (Å²) in [6, 6.07) is 57.9. The van der Waals surface area contributed by atoms with Gasteiger partial charge in [-0.15, -0.1) is 0 Å². The van der Waals surface area contributed by atoms with Crippen LogP contribution in [0.3, 0.4) is 0 Å². The Morgan fingerprint density at radius 2 is 0.538 bits per heavy atom. The molecular formula is C37H30N2. The van der Waals surface area contributed by atoms with E-state index in [9.17, 15) is 0 Å². The molecule has 0 spiro atoms. The Labute approximate surface area is 231 Å². The van der Waals surface area contributed by atoms with Crippen molar-refractivity contribution in [1.29, 1.82) is 0 Å². The lowest BCUT2D eigenvalue weighted by Crippen LogP contribution is -2.09. The molecule has 0 saturated carbocycles. The van der Waals surface area contributed by atoms with Gasteiger partial charge in [-0.05, 0) is 90.8 Å². The molecule has 0 fully saturated rings. The molecule has 0 N–H and O–H groups in total. The van der Waals surface area contributed by atoms with E-state index in [1.807, 2.05) is 0 Å². The molecule has 0 unspecified atom stereocenters. The second-order valence-corrected chi connectivity index (χ2v) is 9.61. The highest BCUT2D eigenvalue weighted by atomic mass is 15.1. The first-order valence-electron chi connectivity index (χ1n) is 13.3. The predicted octanol–water partition coefficient (Wildman–Crippen LogP) is 10.6. The molecule has 6 aromatic rings. The van der Waals surface area contributed by atoms with Gasteiger partial charge in [0.25, 0.3) is 0 Å². The fourth-order valence-corrected chi connectivity index (χ4v) is 4.93. The maximum absolute atomic E-state index is 2.30. The second-order valence-electron chi connectivity index (χ2n) is 9.61. The third-order valence-corrected chi connectivity index (χ3v) is 6.92. The quantitative estimate of drug-likeness (QED) is 0.214. The van der Waals surface area contributed by atoms with E-state index in [0.29, 0.717) is 0 Å². The van der Waals surface area contributed by atoms with Gasteiger partial charge >= 0.3 is 0 Å². The van der Waals surface area contributed by atoms with Crippen LogP contribution in [0.4, 0.5) is 34.1 Å². The van der Waals surface area contributed by atoms with Crippen molar-refractivity contribution >= 4 is 34.1 Å². The van der Waals surface area contributed by atoms with Crippen molar-refractivity contribution in [3.05, 3.63) is 169 Å². The minimum atomic E-state index is 1.13. The summed E-state index contributed by atoms with van der Waals surface area (Å²) >= 11 is 0. The third kappa shape index (κ3) is 5.32. The topological polar surface area (TPSA) is 6.48 Å². The Bertz CT molecular complexity index is 1570. The van der Waals surface area contributed by atoms with Crippen LogP contribution in [0.15, 0.2) is 164 Å². The number of aryl methyl sites for hydroxylation is 1. The minimum Gasteiger partial charge on any atom is -0.311 e. The van der Waals surface area contributed by atoms with Crippen molar-refractivity contribution in [2.45, 2.75) is 6.92 Å². The van der Waals surface area contributed by atoms with Crippen molar-refractivity contribution in [3.8, 4) is 11.1 Å². The predicted molar refractivity (Wildman–Crippen MR) is 166 cm³/mol. The number of nitrogens with zero attached hydrogens (tertiary/aromatic N) is 2. The van der Waals surface area contributed by atoms with Crippen LogP contribution in [0, 0.1) is 6.92 Å². The number of hydrogen-bond acceptors (Lipinski definition) is 2. The molecular weight excluding hydrogens is 472 g/mol. The summed E-state index contributed by atoms with van der Waals surface area (Å²) in [6.45, 7) is 2.12. The maximum Gasteiger partial charge on any atom is 0.0462 e. The fourth-order valence-electron chi connectivity index (χ4n) is 4.93. The summed E-state index contributed by atoms with van der Waals surface area (Å²) in [4.78, 5) is 4.58. The first-order chi connectivity index (χ1) is 19.3. The third-order valence-electron chi connectivity index (χ3n) is 6.92. The highest BCUT2D eigenvalue weighted by Crippen LogP contribution is 2.37. The Morgan fingerprint density at radius 1 is 0.282 bits per heavy atom. The number of hydrogen-bond donors (Lipinski definition) is 0. The molecule has 39 heavy (non-hydrogen) atoms. The summed E-state index contributed by atoms with van der Waals surface area (Å²) in [5.74, 6) is 0. The van der Waals surface area contributed by atoms with Gasteiger partial charge in [0.05, 0.1) is 0 Å². The number of rotatable bonds is 7. The zero-order valence-electron chi connectivity index (χ0n) is 22.0. The van der Waals surface area contributed by atoms with Crippen LogP contribution >= 0.6 is 0 Å². The van der Waals surface area contributed by atoms with E-state index in [0.717, 1.165) is 34.1 Å². The molecule has 0 aromatic heterocycles. The summed E-state index contributed by atoms with van der Waals surface area (Å²) in [7, 11) is 0. The average Bonchev–Trinajstić information content (AvgIpc) is 3.01. The van der Waals surface area contributed by atoms with Crippen LogP contribution < -0.4 is 9.80 Å². The van der Waals surface area contributed by atoms with E-state index in [-0.39, 0.29) is 0 Å². The van der Waals surface area contributed by atoms with E-state index < -0.39 is 0 Å². The Hall–Kier alpha value is -5.08. The highest BCUT2D eigenvalue weighted by molar-refractivity contribution is 5.80. The first kappa shape index (κ1) is 24.3. The van der Waals surface area contributed by atoms with Gasteiger partial charge in [-0.3, -0.25) is 0 Å². The zero-order chi connectivity index (χ0) is 26.4. The van der Waals surface area contributed by atoms with Crippen molar-refractivity contribution in [3.63, 3.8) is 0 Å². The molecule has 188 valence electrons. The standard InChI is InChI=1S/C37H30N2/c1-29-17-23-35(24-18-29)39(34-15-9-4-10-16-34)37-27-21-31(22-28-37)30-19-25-36(26-20-30)38(32-11-5-2-6-12-32)33-13-7-3-8-14-33/h2-28H,1H3. The number of anilines is 6. The molecule has 0 aliphatic heterocycles. The minimum absolute atomic E-state index is 1.13. The van der Waals surface area contributed by atoms with Crippen LogP contribution in [-0.4, -0.2) is 0 Å². The molecule has 6 aromatic carbocycles. The molecule has 2 nitrogen and oxygen atoms in total. The summed E-state index contributed by atoms with van der Waals surface area (Å²) < 4.78 is 0. The molecule has 0 bridgehead atoms. The van der Waals surface area contributed by atoms with E-state index in [1.54, 1.807) is 0 Å². The number of benzene rings is 6. The summed E-state index contributed by atoms with van der Waals surface area (Å²) in [6.07, 6.45) is 0. The van der Waals surface area contributed by atoms with E-state index >= 15 is 0 Å². The largest absolute Gasteiger partial charge is 0.311 e. The Balaban J connectivity index is 1.31. The lowest BCUT2D eigenvalue weighted by Gasteiger charge is -2.26. The van der Waals surface area contributed by atoms with Crippen LogP contribution in [0.5, 0.6) is 0 Å². The smallest absolute Gasteiger partial charge is 0.0462 e. The van der Waals surface area contributed by atoms with Gasteiger partial charge in [0.2, 0.25) is 0 Å². The average molecular weight is 503 g/mol. The molecule has 0 saturated heterocycles. The van der Waals surface area contributed by atoms with E-state index in [2.05, 4.69) is 181 Å². The normalized spacial score (nSPS) is 10.7. The van der Waals surface area contributed by atoms with Crippen LogP contribution in [0.1, 0.15) is 5.56 Å². The van der Waals surface area contributed by atoms with E-state index in [1.165, 1.54) is 16.7 Å². The lowest BCUT2D eigenvalue weighted by atomic mass is 10.0. The molecule has 0 amide bonds. The SMILES string of the molecule is Cc1ccc(N(c2ccccc2)c2ccc(-c3ccc(N(c4ccccc4)c4ccccc4)cc3)cc2)cc1. The van der Waals surface area contributed by atoms with Gasteiger partial charge in [0.15, 0.2) is 0 Å². The van der Waals surface area contributed by atoms with Gasteiger partial charge in [0, 0.05) is 34.1 Å². The van der Waals surface area contributed by atoms with Gasteiger partial charge in [-0.1, -0.05) is 96.6 Å². The molecule has 2 heteroatoms. The van der Waals surface area contributed by atoms with Crippen LogP contribution in [-0.2, 0) is 0 Å². The molecule has 0 heterocycles. The molecule has 0 radical (unpaired) electrons. The van der Waals surface area contributed by atoms with Crippen molar-refractivity contribution in [2.24, 2.45) is 0 Å². The van der Waals surface area contributed by atoms with Crippen LogP contribution in [0.25, 0.3) is 11.1 Å². The summed E-state index contributed by atoms with van der Waals surface area (Å²) in [5.41, 5.74) is 10.4. The second kappa shape index (κ2) is 11.1. The first-order valence-corrected chi connectivity index (χ1v) is 13.3. The zero-order valence-corrected chi connectivity index (χ0v) is 22.0. The van der Waals surface area contributed by atoms with Gasteiger partial charge < -0.3 is 9.80 Å².